The number of H-pyrrole nitrogens is 1. The second kappa shape index (κ2) is 9.91. The Kier molecular flexibility index (Phi) is 7.86. The van der Waals surface area contributed by atoms with Crippen molar-refractivity contribution in [3.8, 4) is 0 Å². The van der Waals surface area contributed by atoms with Crippen LogP contribution in [0.25, 0.3) is 0 Å². The normalized spacial score (nSPS) is 15.8. The highest BCUT2D eigenvalue weighted by atomic mass is 16.2. The third-order valence-electron chi connectivity index (χ3n) is 5.09. The molecule has 1 aliphatic rings. The van der Waals surface area contributed by atoms with Crippen molar-refractivity contribution in [3.63, 3.8) is 0 Å². The molecule has 1 aliphatic heterocycles. The van der Waals surface area contributed by atoms with Crippen molar-refractivity contribution < 1.29 is 9.69 Å². The number of carbonyl (C=O) groups excluding carboxylic acids is 1. The molecular weight excluding hydrogens is 358 g/mol. The summed E-state index contributed by atoms with van der Waals surface area (Å²) in [5.41, 5.74) is 5.23. The van der Waals surface area contributed by atoms with Gasteiger partial charge in [-0.3, -0.25) is 24.0 Å². The molecule has 0 aliphatic carbocycles. The fraction of sp³-hybridized carbons (Fsp3) is 0.750. The molecule has 2 heterocycles. The number of nitrogens with two attached hydrogens (primary N) is 1. The third-order valence-corrected chi connectivity index (χ3v) is 5.09. The zero-order valence-corrected chi connectivity index (χ0v) is 17.7. The van der Waals surface area contributed by atoms with Gasteiger partial charge in [-0.25, -0.2) is 4.79 Å². The van der Waals surface area contributed by atoms with Gasteiger partial charge in [0, 0.05) is 13.1 Å². The van der Waals surface area contributed by atoms with Gasteiger partial charge in [0.1, 0.15) is 5.82 Å². The summed E-state index contributed by atoms with van der Waals surface area (Å²) in [6.45, 7) is 11.0. The largest absolute Gasteiger partial charge is 0.383 e. The molecule has 0 spiro atoms. The molecule has 0 bridgehead atoms. The van der Waals surface area contributed by atoms with Crippen molar-refractivity contribution in [2.24, 2.45) is 11.8 Å². The van der Waals surface area contributed by atoms with Crippen LogP contribution in [0.4, 0.5) is 11.5 Å². The quantitative estimate of drug-likeness (QED) is 0.615. The summed E-state index contributed by atoms with van der Waals surface area (Å²) in [6.07, 6.45) is 4.66. The molecule has 158 valence electrons. The smallest absolute Gasteiger partial charge is 0.330 e. The minimum Gasteiger partial charge on any atom is -0.383 e. The number of aromatic nitrogens is 2. The lowest BCUT2D eigenvalue weighted by molar-refractivity contribution is -0.891. The van der Waals surface area contributed by atoms with E-state index in [4.69, 9.17) is 5.73 Å². The number of nitrogens with zero attached hydrogens (tertiary/aromatic N) is 2. The van der Waals surface area contributed by atoms with Crippen molar-refractivity contribution >= 4 is 17.4 Å². The maximum absolute atomic E-state index is 13.2. The molecule has 1 aromatic rings. The lowest BCUT2D eigenvalue weighted by Gasteiger charge is -2.27. The Balaban J connectivity index is 2.40. The number of hydrogen-bond acceptors (Lipinski definition) is 4. The fourth-order valence-corrected chi connectivity index (χ4v) is 3.78. The highest BCUT2D eigenvalue weighted by molar-refractivity contribution is 5.96. The topological polar surface area (TPSA) is 106 Å². The predicted molar refractivity (Wildman–Crippen MR) is 112 cm³/mol. The van der Waals surface area contributed by atoms with Crippen LogP contribution in [0.15, 0.2) is 9.59 Å². The molecule has 0 unspecified atom stereocenters. The monoisotopic (exact) mass is 394 g/mol. The van der Waals surface area contributed by atoms with Gasteiger partial charge < -0.3 is 10.6 Å². The summed E-state index contributed by atoms with van der Waals surface area (Å²) in [4.78, 5) is 43.1. The lowest BCUT2D eigenvalue weighted by atomic mass is 10.2. The highest BCUT2D eigenvalue weighted by Crippen LogP contribution is 2.19. The third kappa shape index (κ3) is 5.70. The van der Waals surface area contributed by atoms with E-state index in [1.807, 2.05) is 27.7 Å². The van der Waals surface area contributed by atoms with Crippen LogP contribution in [0.3, 0.4) is 0 Å². The van der Waals surface area contributed by atoms with Gasteiger partial charge in [0.25, 0.3) is 11.5 Å². The van der Waals surface area contributed by atoms with Gasteiger partial charge in [0.15, 0.2) is 12.2 Å². The number of aromatic amines is 1. The van der Waals surface area contributed by atoms with Gasteiger partial charge in [-0.1, -0.05) is 27.7 Å². The van der Waals surface area contributed by atoms with Crippen LogP contribution in [0.2, 0.25) is 0 Å². The number of likely N-dealkylation sites (tertiary alicyclic amines) is 1. The Morgan fingerprint density at radius 2 is 1.71 bits per heavy atom. The maximum atomic E-state index is 13.2. The molecule has 8 nitrogen and oxygen atoms in total. The van der Waals surface area contributed by atoms with Gasteiger partial charge in [-0.15, -0.1) is 0 Å². The molecule has 0 atom stereocenters. The number of amides is 1. The van der Waals surface area contributed by atoms with Crippen molar-refractivity contribution in [1.82, 2.24) is 9.55 Å². The molecule has 1 aromatic heterocycles. The van der Waals surface area contributed by atoms with Crippen LogP contribution in [-0.4, -0.2) is 41.6 Å². The molecule has 0 aromatic carbocycles. The molecule has 28 heavy (non-hydrogen) atoms. The molecule has 2 rings (SSSR count). The second-order valence-corrected chi connectivity index (χ2v) is 8.74. The average Bonchev–Trinajstić information content (AvgIpc) is 2.85. The Morgan fingerprint density at radius 1 is 1.11 bits per heavy atom. The van der Waals surface area contributed by atoms with E-state index in [-0.39, 0.29) is 29.2 Å². The summed E-state index contributed by atoms with van der Waals surface area (Å²) >= 11 is 0. The molecule has 1 amide bonds. The first-order valence-electron chi connectivity index (χ1n) is 10.5. The van der Waals surface area contributed by atoms with Crippen molar-refractivity contribution in [1.29, 1.82) is 0 Å². The number of rotatable bonds is 7. The van der Waals surface area contributed by atoms with Crippen molar-refractivity contribution in [3.05, 3.63) is 20.8 Å². The molecule has 0 radical (unpaired) electrons. The molecule has 1 fully saturated rings. The zero-order valence-electron chi connectivity index (χ0n) is 17.7. The van der Waals surface area contributed by atoms with E-state index in [1.54, 1.807) is 0 Å². The van der Waals surface area contributed by atoms with E-state index in [9.17, 15) is 14.4 Å². The van der Waals surface area contributed by atoms with Crippen molar-refractivity contribution in [2.45, 2.75) is 59.9 Å². The van der Waals surface area contributed by atoms with Gasteiger partial charge in [-0.05, 0) is 37.5 Å². The predicted octanol–water partition coefficient (Wildman–Crippen LogP) is 0.223. The summed E-state index contributed by atoms with van der Waals surface area (Å²) in [7, 11) is 0. The van der Waals surface area contributed by atoms with E-state index in [1.165, 1.54) is 27.2 Å². The second-order valence-electron chi connectivity index (χ2n) is 8.74. The first-order valence-corrected chi connectivity index (χ1v) is 10.5. The Morgan fingerprint density at radius 3 is 2.25 bits per heavy atom. The molecule has 4 N–H and O–H groups in total. The standard InChI is InChI=1S/C20H35N5O3/c1-14(2)11-24(16(26)13-23-9-7-5-6-8-10-23)17-18(21)25(12-15(3)4)20(28)22-19(17)27/h14-15H,5-13,21H2,1-4H3,(H,22,27,28)/p+1. The summed E-state index contributed by atoms with van der Waals surface area (Å²) in [5.74, 6) is 0.293. The fourth-order valence-electron chi connectivity index (χ4n) is 3.78. The SMILES string of the molecule is CC(C)CN(C(=O)C[NH+]1CCCCCC1)c1c(N)n(CC(C)C)c(=O)[nH]c1=O. The van der Waals surface area contributed by atoms with E-state index >= 15 is 0 Å². The first kappa shape index (κ1) is 22.2. The molecule has 0 saturated carbocycles. The van der Waals surface area contributed by atoms with E-state index in [2.05, 4.69) is 4.98 Å². The van der Waals surface area contributed by atoms with Crippen LogP contribution >= 0.6 is 0 Å². The van der Waals surface area contributed by atoms with Crippen molar-refractivity contribution in [2.75, 3.05) is 36.8 Å². The van der Waals surface area contributed by atoms with Gasteiger partial charge in [-0.2, -0.15) is 0 Å². The number of quaternary nitrogens is 1. The number of hydrogen-bond donors (Lipinski definition) is 3. The minimum absolute atomic E-state index is 0.0716. The van der Waals surface area contributed by atoms with Crippen LogP contribution in [-0.2, 0) is 11.3 Å². The summed E-state index contributed by atoms with van der Waals surface area (Å²) in [6, 6.07) is 0. The lowest BCUT2D eigenvalue weighted by Crippen LogP contribution is -3.13. The van der Waals surface area contributed by atoms with Crippen LogP contribution in [0.5, 0.6) is 0 Å². The van der Waals surface area contributed by atoms with E-state index in [0.29, 0.717) is 19.6 Å². The summed E-state index contributed by atoms with van der Waals surface area (Å²) in [5, 5.41) is 0. The van der Waals surface area contributed by atoms with Crippen LogP contribution in [0, 0.1) is 11.8 Å². The van der Waals surface area contributed by atoms with Gasteiger partial charge in [0.05, 0.1) is 13.1 Å². The summed E-state index contributed by atoms with van der Waals surface area (Å²) < 4.78 is 1.36. The number of anilines is 2. The van der Waals surface area contributed by atoms with Gasteiger partial charge in [0.2, 0.25) is 0 Å². The number of nitrogen functional groups attached to an aromatic ring is 1. The van der Waals surface area contributed by atoms with Gasteiger partial charge >= 0.3 is 5.69 Å². The Labute approximate surface area is 166 Å². The Hall–Kier alpha value is -2.09. The zero-order chi connectivity index (χ0) is 20.8. The average molecular weight is 395 g/mol. The first-order chi connectivity index (χ1) is 13.2. The number of nitrogens with one attached hydrogen (secondary N) is 2. The Bertz CT molecular complexity index is 773. The number of carbonyl (C=O) groups is 1. The van der Waals surface area contributed by atoms with Crippen LogP contribution in [0.1, 0.15) is 53.4 Å². The van der Waals surface area contributed by atoms with E-state index in [0.717, 1.165) is 25.9 Å². The maximum Gasteiger partial charge on any atom is 0.330 e. The molecule has 8 heteroatoms. The van der Waals surface area contributed by atoms with Crippen LogP contribution < -0.4 is 26.8 Å². The molecule has 1 saturated heterocycles. The van der Waals surface area contributed by atoms with E-state index < -0.39 is 11.2 Å². The molecular formula is C20H36N5O3+. The minimum atomic E-state index is -0.595. The highest BCUT2D eigenvalue weighted by Gasteiger charge is 2.28.